The zero-order chi connectivity index (χ0) is 14.8. The Morgan fingerprint density at radius 3 is 2.52 bits per heavy atom. The molecule has 0 amide bonds. The topological polar surface area (TPSA) is 53.5 Å². The van der Waals surface area contributed by atoms with Crippen LogP contribution in [-0.4, -0.2) is 12.2 Å². The molecule has 0 spiro atoms. The molecule has 1 heterocycles. The third-order valence-corrected chi connectivity index (χ3v) is 4.04. The van der Waals surface area contributed by atoms with Crippen molar-refractivity contribution in [2.45, 2.75) is 18.5 Å². The van der Waals surface area contributed by atoms with Crippen LogP contribution in [0.1, 0.15) is 29.6 Å². The zero-order valence-electron chi connectivity index (χ0n) is 11.6. The van der Waals surface area contributed by atoms with Crippen LogP contribution in [0.4, 0.5) is 0 Å². The largest absolute Gasteiger partial charge is 0.508 e. The van der Waals surface area contributed by atoms with E-state index in [1.54, 1.807) is 19.2 Å². The highest BCUT2D eigenvalue weighted by molar-refractivity contribution is 6.30. The standard InChI is InChI=1S/C16H17ClN2O2/c1-21-12-6-7-16(20)13(8-12)15-9-14(18-19-15)10-2-4-11(17)5-3-10/h2-8,14-15,18-20H,9H2,1H3. The summed E-state index contributed by atoms with van der Waals surface area (Å²) in [6, 6.07) is 13.3. The van der Waals surface area contributed by atoms with Gasteiger partial charge in [-0.3, -0.25) is 0 Å². The van der Waals surface area contributed by atoms with E-state index in [0.717, 1.165) is 28.3 Å². The Bertz CT molecular complexity index is 631. The van der Waals surface area contributed by atoms with Gasteiger partial charge in [-0.25, -0.2) is 10.9 Å². The number of methoxy groups -OCH3 is 1. The number of phenols is 1. The summed E-state index contributed by atoms with van der Waals surface area (Å²) < 4.78 is 5.22. The van der Waals surface area contributed by atoms with Crippen molar-refractivity contribution in [3.8, 4) is 11.5 Å². The minimum atomic E-state index is 0.0285. The molecule has 0 aromatic heterocycles. The van der Waals surface area contributed by atoms with Crippen LogP contribution in [0.25, 0.3) is 0 Å². The van der Waals surface area contributed by atoms with Gasteiger partial charge in [-0.1, -0.05) is 23.7 Å². The summed E-state index contributed by atoms with van der Waals surface area (Å²) in [6.45, 7) is 0. The number of hydrazine groups is 1. The monoisotopic (exact) mass is 304 g/mol. The maximum atomic E-state index is 10.0. The smallest absolute Gasteiger partial charge is 0.120 e. The van der Waals surface area contributed by atoms with E-state index in [9.17, 15) is 5.11 Å². The lowest BCUT2D eigenvalue weighted by molar-refractivity contribution is 0.407. The molecule has 4 nitrogen and oxygen atoms in total. The van der Waals surface area contributed by atoms with E-state index in [1.165, 1.54) is 0 Å². The maximum Gasteiger partial charge on any atom is 0.120 e. The van der Waals surface area contributed by atoms with Gasteiger partial charge in [0.25, 0.3) is 0 Å². The van der Waals surface area contributed by atoms with Crippen molar-refractivity contribution in [2.24, 2.45) is 0 Å². The highest BCUT2D eigenvalue weighted by atomic mass is 35.5. The van der Waals surface area contributed by atoms with Gasteiger partial charge in [-0.2, -0.15) is 0 Å². The Morgan fingerprint density at radius 1 is 1.10 bits per heavy atom. The first-order chi connectivity index (χ1) is 10.2. The molecule has 21 heavy (non-hydrogen) atoms. The van der Waals surface area contributed by atoms with Crippen molar-refractivity contribution in [1.29, 1.82) is 0 Å². The second-order valence-corrected chi connectivity index (χ2v) is 5.54. The summed E-state index contributed by atoms with van der Waals surface area (Å²) in [5, 5.41) is 10.8. The van der Waals surface area contributed by atoms with Crippen LogP contribution in [0.2, 0.25) is 5.02 Å². The molecule has 110 valence electrons. The zero-order valence-corrected chi connectivity index (χ0v) is 12.4. The van der Waals surface area contributed by atoms with Crippen molar-refractivity contribution >= 4 is 11.6 Å². The second kappa shape index (κ2) is 5.93. The number of nitrogens with one attached hydrogen (secondary N) is 2. The predicted octanol–water partition coefficient (Wildman–Crippen LogP) is 3.33. The molecule has 3 N–H and O–H groups in total. The van der Waals surface area contributed by atoms with E-state index in [1.807, 2.05) is 30.3 Å². The van der Waals surface area contributed by atoms with Gasteiger partial charge in [0.2, 0.25) is 0 Å². The van der Waals surface area contributed by atoms with E-state index >= 15 is 0 Å². The second-order valence-electron chi connectivity index (χ2n) is 5.11. The molecule has 3 rings (SSSR count). The van der Waals surface area contributed by atoms with Gasteiger partial charge in [0.05, 0.1) is 13.2 Å². The average Bonchev–Trinajstić information content (AvgIpc) is 2.98. The number of halogens is 1. The highest BCUT2D eigenvalue weighted by Gasteiger charge is 2.28. The van der Waals surface area contributed by atoms with E-state index in [-0.39, 0.29) is 17.8 Å². The molecule has 1 fully saturated rings. The van der Waals surface area contributed by atoms with Crippen LogP contribution in [0.3, 0.4) is 0 Å². The number of rotatable bonds is 3. The van der Waals surface area contributed by atoms with Crippen molar-refractivity contribution < 1.29 is 9.84 Å². The number of hydrogen-bond acceptors (Lipinski definition) is 4. The Labute approximate surface area is 128 Å². The van der Waals surface area contributed by atoms with Gasteiger partial charge in [0.1, 0.15) is 11.5 Å². The van der Waals surface area contributed by atoms with Crippen molar-refractivity contribution in [2.75, 3.05) is 7.11 Å². The lowest BCUT2D eigenvalue weighted by Gasteiger charge is -2.13. The number of hydrogen-bond donors (Lipinski definition) is 3. The van der Waals surface area contributed by atoms with Crippen LogP contribution in [0, 0.1) is 0 Å². The first-order valence-electron chi connectivity index (χ1n) is 6.81. The fourth-order valence-electron chi connectivity index (χ4n) is 2.61. The lowest BCUT2D eigenvalue weighted by atomic mass is 9.97. The SMILES string of the molecule is COc1ccc(O)c(C2CC(c3ccc(Cl)cc3)NN2)c1. The van der Waals surface area contributed by atoms with Gasteiger partial charge in [0.15, 0.2) is 0 Å². The molecule has 0 saturated carbocycles. The summed E-state index contributed by atoms with van der Waals surface area (Å²) in [4.78, 5) is 0. The molecule has 0 bridgehead atoms. The minimum Gasteiger partial charge on any atom is -0.508 e. The molecule has 1 aliphatic heterocycles. The summed E-state index contributed by atoms with van der Waals surface area (Å²) in [5.74, 6) is 1.01. The molecule has 1 aliphatic rings. The highest BCUT2D eigenvalue weighted by Crippen LogP contribution is 2.36. The van der Waals surface area contributed by atoms with Crippen LogP contribution < -0.4 is 15.6 Å². The lowest BCUT2D eigenvalue weighted by Crippen LogP contribution is -2.26. The summed E-state index contributed by atoms with van der Waals surface area (Å²) >= 11 is 5.91. The van der Waals surface area contributed by atoms with Gasteiger partial charge in [-0.05, 0) is 42.3 Å². The normalized spacial score (nSPS) is 21.4. The average molecular weight is 305 g/mol. The molecule has 5 heteroatoms. The van der Waals surface area contributed by atoms with Gasteiger partial charge < -0.3 is 9.84 Å². The summed E-state index contributed by atoms with van der Waals surface area (Å²) in [5.41, 5.74) is 8.49. The predicted molar refractivity (Wildman–Crippen MR) is 82.5 cm³/mol. The maximum absolute atomic E-state index is 10.0. The first-order valence-corrected chi connectivity index (χ1v) is 7.18. The van der Waals surface area contributed by atoms with Crippen molar-refractivity contribution in [3.05, 3.63) is 58.6 Å². The number of ether oxygens (including phenoxy) is 1. The van der Waals surface area contributed by atoms with Crippen LogP contribution >= 0.6 is 11.6 Å². The molecule has 2 atom stereocenters. The van der Waals surface area contributed by atoms with Crippen molar-refractivity contribution in [3.63, 3.8) is 0 Å². The van der Waals surface area contributed by atoms with Crippen molar-refractivity contribution in [1.82, 2.24) is 10.9 Å². The fourth-order valence-corrected chi connectivity index (χ4v) is 2.74. The van der Waals surface area contributed by atoms with Crippen LogP contribution in [0.5, 0.6) is 11.5 Å². The quantitative estimate of drug-likeness (QED) is 0.814. The molecular weight excluding hydrogens is 288 g/mol. The molecule has 2 unspecified atom stereocenters. The Kier molecular flexibility index (Phi) is 4.01. The van der Waals surface area contributed by atoms with Crippen LogP contribution in [0.15, 0.2) is 42.5 Å². The minimum absolute atomic E-state index is 0.0285. The molecule has 0 aliphatic carbocycles. The molecular formula is C16H17ClN2O2. The van der Waals surface area contributed by atoms with Crippen LogP contribution in [-0.2, 0) is 0 Å². The van der Waals surface area contributed by atoms with Gasteiger partial charge >= 0.3 is 0 Å². The molecule has 0 radical (unpaired) electrons. The summed E-state index contributed by atoms with van der Waals surface area (Å²) in [6.07, 6.45) is 0.836. The first kappa shape index (κ1) is 14.2. The third-order valence-electron chi connectivity index (χ3n) is 3.79. The molecule has 1 saturated heterocycles. The number of aromatic hydroxyl groups is 1. The summed E-state index contributed by atoms with van der Waals surface area (Å²) in [7, 11) is 1.62. The Morgan fingerprint density at radius 2 is 1.81 bits per heavy atom. The molecule has 2 aromatic rings. The Hall–Kier alpha value is -1.75. The van der Waals surface area contributed by atoms with E-state index in [4.69, 9.17) is 16.3 Å². The number of phenolic OH excluding ortho intramolecular Hbond substituents is 1. The molecule has 2 aromatic carbocycles. The Balaban J connectivity index is 1.79. The third kappa shape index (κ3) is 2.97. The van der Waals surface area contributed by atoms with E-state index in [0.29, 0.717) is 0 Å². The van der Waals surface area contributed by atoms with Gasteiger partial charge in [0, 0.05) is 16.6 Å². The van der Waals surface area contributed by atoms with E-state index in [2.05, 4.69) is 10.9 Å². The number of benzene rings is 2. The van der Waals surface area contributed by atoms with E-state index < -0.39 is 0 Å². The van der Waals surface area contributed by atoms with Gasteiger partial charge in [-0.15, -0.1) is 0 Å². The fraction of sp³-hybridized carbons (Fsp3) is 0.250.